The van der Waals surface area contributed by atoms with Gasteiger partial charge in [-0.3, -0.25) is 9.59 Å². The summed E-state index contributed by atoms with van der Waals surface area (Å²) in [6, 6.07) is 7.21. The average molecular weight is 428 g/mol. The molecule has 2 heterocycles. The van der Waals surface area contributed by atoms with Gasteiger partial charge in [0.15, 0.2) is 0 Å². The lowest BCUT2D eigenvalue weighted by atomic mass is 9.93. The highest BCUT2D eigenvalue weighted by molar-refractivity contribution is 7.14. The minimum atomic E-state index is -0.697. The number of benzene rings is 1. The van der Waals surface area contributed by atoms with Crippen molar-refractivity contribution in [3.8, 4) is 0 Å². The Bertz CT molecular complexity index is 990. The number of aryl methyl sites for hydroxylation is 2. The molecule has 2 aromatic rings. The molecule has 6 nitrogen and oxygen atoms in total. The van der Waals surface area contributed by atoms with Gasteiger partial charge in [0.2, 0.25) is 11.7 Å². The van der Waals surface area contributed by atoms with Gasteiger partial charge in [0, 0.05) is 5.57 Å². The molecule has 1 aromatic carbocycles. The van der Waals surface area contributed by atoms with E-state index in [9.17, 15) is 14.7 Å². The SMILES string of the molecule is Cc1nc(C)c(C(=O)C2=C([O-])C(=O)N(CC[NH+](C)C)C2c2ccc(C(C)C)cc2)s1. The average Bonchev–Trinajstić information content (AvgIpc) is 3.15. The summed E-state index contributed by atoms with van der Waals surface area (Å²) in [6.45, 7) is 8.90. The molecule has 7 heteroatoms. The van der Waals surface area contributed by atoms with E-state index in [1.54, 1.807) is 11.8 Å². The standard InChI is InChI=1S/C23H29N3O3S/c1-13(2)16-7-9-17(10-8-16)19-18(20(27)22-14(3)24-15(4)30-22)21(28)23(29)26(19)12-11-25(5)6/h7-10,13,19,28H,11-12H2,1-6H3. The number of hydrogen-bond donors (Lipinski definition) is 1. The van der Waals surface area contributed by atoms with Crippen molar-refractivity contribution in [3.05, 3.63) is 62.3 Å². The van der Waals surface area contributed by atoms with Gasteiger partial charge in [-0.2, -0.15) is 0 Å². The highest BCUT2D eigenvalue weighted by Crippen LogP contribution is 2.39. The lowest BCUT2D eigenvalue weighted by Crippen LogP contribution is -3.06. The van der Waals surface area contributed by atoms with Gasteiger partial charge >= 0.3 is 0 Å². The van der Waals surface area contributed by atoms with Crippen LogP contribution in [0.3, 0.4) is 0 Å². The first kappa shape index (κ1) is 22.2. The fraction of sp³-hybridized carbons (Fsp3) is 0.435. The molecular weight excluding hydrogens is 398 g/mol. The summed E-state index contributed by atoms with van der Waals surface area (Å²) >= 11 is 1.27. The maximum Gasteiger partial charge on any atom is 0.240 e. The predicted octanol–water partition coefficient (Wildman–Crippen LogP) is 1.41. The second-order valence-electron chi connectivity index (χ2n) is 8.40. The van der Waals surface area contributed by atoms with Crippen LogP contribution in [0.1, 0.15) is 57.3 Å². The second kappa shape index (κ2) is 8.70. The Morgan fingerprint density at radius 2 is 1.87 bits per heavy atom. The molecular formula is C23H29N3O3S. The smallest absolute Gasteiger partial charge is 0.240 e. The number of aromatic nitrogens is 1. The van der Waals surface area contributed by atoms with E-state index in [2.05, 4.69) is 18.8 Å². The van der Waals surface area contributed by atoms with Crippen LogP contribution in [0, 0.1) is 13.8 Å². The molecule has 3 rings (SSSR count). The number of carbonyl (C=O) groups is 2. The van der Waals surface area contributed by atoms with Crippen LogP contribution >= 0.6 is 11.3 Å². The Morgan fingerprint density at radius 1 is 1.23 bits per heavy atom. The van der Waals surface area contributed by atoms with Crippen molar-refractivity contribution in [2.45, 2.75) is 39.7 Å². The number of hydrogen-bond acceptors (Lipinski definition) is 5. The number of Topliss-reactive ketones (excluding diaryl/α,β-unsaturated/α-hetero) is 1. The number of ketones is 1. The maximum absolute atomic E-state index is 13.4. The van der Waals surface area contributed by atoms with Crippen LogP contribution in [0.2, 0.25) is 0 Å². The minimum Gasteiger partial charge on any atom is -0.868 e. The molecule has 0 radical (unpaired) electrons. The van der Waals surface area contributed by atoms with E-state index in [4.69, 9.17) is 0 Å². The summed E-state index contributed by atoms with van der Waals surface area (Å²) in [6.07, 6.45) is 0. The Balaban J connectivity index is 2.08. The summed E-state index contributed by atoms with van der Waals surface area (Å²) in [5.41, 5.74) is 2.59. The highest BCUT2D eigenvalue weighted by atomic mass is 32.1. The summed E-state index contributed by atoms with van der Waals surface area (Å²) in [4.78, 5) is 33.8. The van der Waals surface area contributed by atoms with Crippen LogP contribution in [-0.2, 0) is 4.79 Å². The van der Waals surface area contributed by atoms with E-state index in [1.807, 2.05) is 45.3 Å². The van der Waals surface area contributed by atoms with Gasteiger partial charge in [0.25, 0.3) is 0 Å². The zero-order chi connectivity index (χ0) is 22.2. The van der Waals surface area contributed by atoms with E-state index >= 15 is 0 Å². The molecule has 1 amide bonds. The van der Waals surface area contributed by atoms with Crippen molar-refractivity contribution in [2.75, 3.05) is 27.2 Å². The molecule has 0 saturated carbocycles. The van der Waals surface area contributed by atoms with E-state index in [-0.39, 0.29) is 11.4 Å². The molecule has 0 saturated heterocycles. The van der Waals surface area contributed by atoms with Gasteiger partial charge in [-0.15, -0.1) is 11.3 Å². The first-order valence-corrected chi connectivity index (χ1v) is 11.0. The number of likely N-dealkylation sites (N-methyl/N-ethyl adjacent to an activating group) is 1. The van der Waals surface area contributed by atoms with E-state index in [0.29, 0.717) is 29.6 Å². The van der Waals surface area contributed by atoms with Crippen LogP contribution in [0.4, 0.5) is 0 Å². The zero-order valence-corrected chi connectivity index (χ0v) is 19.2. The maximum atomic E-state index is 13.4. The molecule has 1 aromatic heterocycles. The third-order valence-electron chi connectivity index (χ3n) is 5.41. The predicted molar refractivity (Wildman–Crippen MR) is 116 cm³/mol. The van der Waals surface area contributed by atoms with Crippen LogP contribution < -0.4 is 10.0 Å². The first-order valence-electron chi connectivity index (χ1n) is 10.2. The lowest BCUT2D eigenvalue weighted by molar-refractivity contribution is -0.857. The van der Waals surface area contributed by atoms with Crippen LogP contribution in [0.25, 0.3) is 0 Å². The van der Waals surface area contributed by atoms with Gasteiger partial charge in [0.05, 0.1) is 48.8 Å². The zero-order valence-electron chi connectivity index (χ0n) is 18.4. The monoisotopic (exact) mass is 427 g/mol. The summed E-state index contributed by atoms with van der Waals surface area (Å²) in [7, 11) is 3.99. The molecule has 0 fully saturated rings. The second-order valence-corrected chi connectivity index (χ2v) is 9.60. The number of nitrogens with zero attached hydrogens (tertiary/aromatic N) is 2. The summed E-state index contributed by atoms with van der Waals surface area (Å²) in [5, 5.41) is 13.7. The third-order valence-corrected chi connectivity index (χ3v) is 6.48. The van der Waals surface area contributed by atoms with Gasteiger partial charge in [-0.05, 0) is 36.7 Å². The molecule has 1 unspecified atom stereocenters. The lowest BCUT2D eigenvalue weighted by Gasteiger charge is -2.28. The van der Waals surface area contributed by atoms with Crippen LogP contribution in [0.15, 0.2) is 35.6 Å². The summed E-state index contributed by atoms with van der Waals surface area (Å²) in [5.74, 6) is -1.31. The number of quaternary nitrogens is 1. The van der Waals surface area contributed by atoms with E-state index < -0.39 is 17.7 Å². The molecule has 0 spiro atoms. The quantitative estimate of drug-likeness (QED) is 0.678. The number of rotatable bonds is 7. The Kier molecular flexibility index (Phi) is 6.43. The van der Waals surface area contributed by atoms with Gasteiger partial charge < -0.3 is 14.9 Å². The third kappa shape index (κ3) is 4.18. The molecule has 0 aliphatic carbocycles. The van der Waals surface area contributed by atoms with Gasteiger partial charge in [-0.1, -0.05) is 38.1 Å². The summed E-state index contributed by atoms with van der Waals surface area (Å²) < 4.78 is 0. The van der Waals surface area contributed by atoms with Crippen LogP contribution in [0.5, 0.6) is 0 Å². The molecule has 0 bridgehead atoms. The molecule has 1 aliphatic rings. The number of nitrogens with one attached hydrogen (secondary N) is 1. The van der Waals surface area contributed by atoms with Crippen molar-refractivity contribution in [1.29, 1.82) is 0 Å². The number of amides is 1. The fourth-order valence-corrected chi connectivity index (χ4v) is 4.59. The minimum absolute atomic E-state index is 0.0396. The topological polar surface area (TPSA) is 77.8 Å². The van der Waals surface area contributed by atoms with Crippen molar-refractivity contribution in [1.82, 2.24) is 9.88 Å². The van der Waals surface area contributed by atoms with Gasteiger partial charge in [0.1, 0.15) is 0 Å². The van der Waals surface area contributed by atoms with Gasteiger partial charge in [-0.25, -0.2) is 4.98 Å². The van der Waals surface area contributed by atoms with Crippen molar-refractivity contribution >= 4 is 23.0 Å². The van der Waals surface area contributed by atoms with Crippen LogP contribution in [-0.4, -0.2) is 48.8 Å². The number of carbonyl (C=O) groups excluding carboxylic acids is 2. The Hall–Kier alpha value is -2.51. The largest absolute Gasteiger partial charge is 0.868 e. The molecule has 1 N–H and O–H groups in total. The molecule has 1 aliphatic heterocycles. The molecule has 1 atom stereocenters. The van der Waals surface area contributed by atoms with E-state index in [1.165, 1.54) is 16.9 Å². The highest BCUT2D eigenvalue weighted by Gasteiger charge is 2.40. The van der Waals surface area contributed by atoms with Crippen molar-refractivity contribution < 1.29 is 19.6 Å². The van der Waals surface area contributed by atoms with Crippen molar-refractivity contribution in [3.63, 3.8) is 0 Å². The Labute approximate surface area is 181 Å². The number of thiazole rings is 1. The first-order chi connectivity index (χ1) is 14.1. The molecule has 30 heavy (non-hydrogen) atoms. The fourth-order valence-electron chi connectivity index (χ4n) is 3.72. The Morgan fingerprint density at radius 3 is 2.37 bits per heavy atom. The van der Waals surface area contributed by atoms with Crippen molar-refractivity contribution in [2.24, 2.45) is 0 Å². The van der Waals surface area contributed by atoms with E-state index in [0.717, 1.165) is 15.5 Å². The molecule has 160 valence electrons. The normalized spacial score (nSPS) is 17.0.